The highest BCUT2D eigenvalue weighted by molar-refractivity contribution is 5.89. The van der Waals surface area contributed by atoms with Crippen LogP contribution in [0.3, 0.4) is 0 Å². The molecule has 9 nitrogen and oxygen atoms in total. The Morgan fingerprint density at radius 3 is 2.69 bits per heavy atom. The summed E-state index contributed by atoms with van der Waals surface area (Å²) in [6, 6.07) is 9.14. The molecule has 0 saturated heterocycles. The second-order valence-electron chi connectivity index (χ2n) is 9.36. The number of benzene rings is 1. The highest BCUT2D eigenvalue weighted by atomic mass is 16.6. The number of hydrogen-bond acceptors (Lipinski definition) is 6. The van der Waals surface area contributed by atoms with E-state index in [9.17, 15) is 24.6 Å². The third kappa shape index (κ3) is 3.41. The van der Waals surface area contributed by atoms with Crippen LogP contribution >= 0.6 is 0 Å². The first-order valence-corrected chi connectivity index (χ1v) is 11.7. The number of aliphatic hydroxyl groups is 1. The average Bonchev–Trinajstić information content (AvgIpc) is 3.19. The minimum atomic E-state index is -1.88. The minimum absolute atomic E-state index is 0.0746. The number of rotatable bonds is 5. The molecule has 2 aliphatic heterocycles. The van der Waals surface area contributed by atoms with Crippen molar-refractivity contribution in [3.63, 3.8) is 0 Å². The van der Waals surface area contributed by atoms with Gasteiger partial charge in [-0.3, -0.25) is 4.79 Å². The SMILES string of the molecule is CC[C@@]1(O)C(=O)OCc2c1cc1n(c2=O)Cc2c-1nc1ccccc1c2CCN(C(=O)O)C(C)C. The Morgan fingerprint density at radius 1 is 1.26 bits per heavy atom. The van der Waals surface area contributed by atoms with Crippen molar-refractivity contribution in [1.82, 2.24) is 14.5 Å². The van der Waals surface area contributed by atoms with Gasteiger partial charge in [0.2, 0.25) is 0 Å². The van der Waals surface area contributed by atoms with Crippen molar-refractivity contribution < 1.29 is 24.5 Å². The van der Waals surface area contributed by atoms with Gasteiger partial charge >= 0.3 is 12.1 Å². The molecule has 9 heteroatoms. The molecule has 1 aromatic carbocycles. The number of pyridine rings is 2. The van der Waals surface area contributed by atoms with Gasteiger partial charge in [-0.1, -0.05) is 25.1 Å². The molecule has 0 fully saturated rings. The van der Waals surface area contributed by atoms with Crippen molar-refractivity contribution in [2.24, 2.45) is 0 Å². The van der Waals surface area contributed by atoms with E-state index in [0.29, 0.717) is 24.4 Å². The second kappa shape index (κ2) is 8.20. The molecular formula is C26H27N3O6. The average molecular weight is 478 g/mol. The number of nitrogens with zero attached hydrogens (tertiary/aromatic N) is 3. The summed E-state index contributed by atoms with van der Waals surface area (Å²) in [4.78, 5) is 43.9. The lowest BCUT2D eigenvalue weighted by Gasteiger charge is -2.31. The first-order chi connectivity index (χ1) is 16.7. The number of ether oxygens (including phenoxy) is 1. The van der Waals surface area contributed by atoms with E-state index in [1.807, 2.05) is 38.1 Å². The van der Waals surface area contributed by atoms with Crippen LogP contribution in [0.5, 0.6) is 0 Å². The molecule has 0 radical (unpaired) electrons. The van der Waals surface area contributed by atoms with Crippen LogP contribution in [0.4, 0.5) is 4.79 Å². The van der Waals surface area contributed by atoms with Crippen molar-refractivity contribution in [3.05, 3.63) is 62.9 Å². The van der Waals surface area contributed by atoms with Crippen molar-refractivity contribution in [3.8, 4) is 11.4 Å². The molecule has 0 aliphatic carbocycles. The number of carbonyl (C=O) groups excluding carboxylic acids is 1. The Morgan fingerprint density at radius 2 is 2.00 bits per heavy atom. The maximum Gasteiger partial charge on any atom is 0.407 e. The maximum absolute atomic E-state index is 13.5. The van der Waals surface area contributed by atoms with Gasteiger partial charge in [0, 0.05) is 29.1 Å². The van der Waals surface area contributed by atoms with Crippen molar-refractivity contribution in [2.45, 2.75) is 58.4 Å². The zero-order valence-electron chi connectivity index (χ0n) is 19.9. The summed E-state index contributed by atoms with van der Waals surface area (Å²) in [7, 11) is 0. The quantitative estimate of drug-likeness (QED) is 0.424. The number of carboxylic acid groups (broad SMARTS) is 1. The largest absolute Gasteiger partial charge is 0.465 e. The van der Waals surface area contributed by atoms with Crippen molar-refractivity contribution >= 4 is 23.0 Å². The molecule has 3 aromatic rings. The van der Waals surface area contributed by atoms with Crippen LogP contribution in [0.1, 0.15) is 49.4 Å². The fourth-order valence-corrected chi connectivity index (χ4v) is 5.21. The van der Waals surface area contributed by atoms with Crippen molar-refractivity contribution in [1.29, 1.82) is 0 Å². The molecule has 2 aliphatic rings. The Hall–Kier alpha value is -3.72. The molecular weight excluding hydrogens is 450 g/mol. The zero-order chi connectivity index (χ0) is 25.1. The molecule has 35 heavy (non-hydrogen) atoms. The predicted molar refractivity (Wildman–Crippen MR) is 128 cm³/mol. The van der Waals surface area contributed by atoms with Crippen LogP contribution in [-0.4, -0.2) is 49.3 Å². The standard InChI is InChI=1S/C26H27N3O6/c1-4-26(34)19-11-21-22-17(12-29(21)23(30)18(19)13-35-24(26)31)15(9-10-28(14(2)3)25(32)33)16-7-5-6-8-20(16)27-22/h5-8,11,14,34H,4,9-10,12-13H2,1-3H3,(H,32,33)/t26-/m0/s1. The highest BCUT2D eigenvalue weighted by Crippen LogP contribution is 2.40. The van der Waals surface area contributed by atoms with Crippen molar-refractivity contribution in [2.75, 3.05) is 6.54 Å². The summed E-state index contributed by atoms with van der Waals surface area (Å²) < 4.78 is 6.75. The van der Waals surface area contributed by atoms with Gasteiger partial charge in [0.15, 0.2) is 5.60 Å². The van der Waals surface area contributed by atoms with Crippen LogP contribution in [0, 0.1) is 0 Å². The van der Waals surface area contributed by atoms with E-state index >= 15 is 0 Å². The van der Waals surface area contributed by atoms with Crippen LogP contribution < -0.4 is 5.56 Å². The number of cyclic esters (lactones) is 1. The number of aromatic nitrogens is 2. The molecule has 5 rings (SSSR count). The number of amides is 1. The summed E-state index contributed by atoms with van der Waals surface area (Å²) in [5, 5.41) is 21.6. The Labute approximate surface area is 201 Å². The molecule has 0 bridgehead atoms. The van der Waals surface area contributed by atoms with Crippen LogP contribution in [0.2, 0.25) is 0 Å². The molecule has 2 aromatic heterocycles. The Kier molecular flexibility index (Phi) is 5.40. The summed E-state index contributed by atoms with van der Waals surface area (Å²) in [6.45, 7) is 5.73. The smallest absolute Gasteiger partial charge is 0.407 e. The first-order valence-electron chi connectivity index (χ1n) is 11.7. The zero-order valence-corrected chi connectivity index (χ0v) is 19.9. The van der Waals surface area contributed by atoms with Gasteiger partial charge in [-0.15, -0.1) is 0 Å². The highest BCUT2D eigenvalue weighted by Gasteiger charge is 2.45. The number of esters is 1. The van der Waals surface area contributed by atoms with E-state index in [4.69, 9.17) is 9.72 Å². The van der Waals surface area contributed by atoms with E-state index < -0.39 is 17.7 Å². The number of para-hydroxylation sites is 1. The first kappa shape index (κ1) is 23.0. The third-order valence-electron chi connectivity index (χ3n) is 7.18. The molecule has 182 valence electrons. The van der Waals surface area contributed by atoms with Crippen LogP contribution in [0.25, 0.3) is 22.3 Å². The number of carbonyl (C=O) groups is 2. The number of hydrogen-bond donors (Lipinski definition) is 2. The van der Waals surface area contributed by atoms with Crippen LogP contribution in [0.15, 0.2) is 35.1 Å². The van der Waals surface area contributed by atoms with E-state index in [1.54, 1.807) is 17.6 Å². The normalized spacial score (nSPS) is 18.3. The summed E-state index contributed by atoms with van der Waals surface area (Å²) >= 11 is 0. The Balaban J connectivity index is 1.70. The van der Waals surface area contributed by atoms with Gasteiger partial charge in [-0.2, -0.15) is 0 Å². The fourth-order valence-electron chi connectivity index (χ4n) is 5.21. The van der Waals surface area contributed by atoms with Gasteiger partial charge < -0.3 is 24.4 Å². The van der Waals surface area contributed by atoms with E-state index in [0.717, 1.165) is 22.0 Å². The van der Waals surface area contributed by atoms with Crippen LogP contribution in [-0.2, 0) is 34.7 Å². The topological polar surface area (TPSA) is 122 Å². The fraction of sp³-hybridized carbons (Fsp3) is 0.385. The van der Waals surface area contributed by atoms with Gasteiger partial charge in [0.25, 0.3) is 5.56 Å². The maximum atomic E-state index is 13.5. The van der Waals surface area contributed by atoms with E-state index in [1.165, 1.54) is 4.90 Å². The lowest BCUT2D eigenvalue weighted by atomic mass is 9.86. The lowest BCUT2D eigenvalue weighted by Crippen LogP contribution is -2.44. The summed E-state index contributed by atoms with van der Waals surface area (Å²) in [5.74, 6) is -0.760. The minimum Gasteiger partial charge on any atom is -0.465 e. The molecule has 1 amide bonds. The third-order valence-corrected chi connectivity index (χ3v) is 7.18. The Bertz CT molecular complexity index is 1440. The van der Waals surface area contributed by atoms with Gasteiger partial charge in [0.1, 0.15) is 6.61 Å². The lowest BCUT2D eigenvalue weighted by molar-refractivity contribution is -0.172. The molecule has 0 spiro atoms. The van der Waals surface area contributed by atoms with Gasteiger partial charge in [-0.25, -0.2) is 14.6 Å². The molecule has 0 unspecified atom stereocenters. The molecule has 4 heterocycles. The van der Waals surface area contributed by atoms with Gasteiger partial charge in [0.05, 0.1) is 29.0 Å². The number of fused-ring (bicyclic) bond motifs is 5. The van der Waals surface area contributed by atoms with E-state index in [2.05, 4.69) is 0 Å². The van der Waals surface area contributed by atoms with Gasteiger partial charge in [-0.05, 0) is 44.4 Å². The van der Waals surface area contributed by atoms with E-state index in [-0.39, 0.29) is 42.3 Å². The molecule has 0 saturated carbocycles. The second-order valence-corrected chi connectivity index (χ2v) is 9.36. The predicted octanol–water partition coefficient (Wildman–Crippen LogP) is 3.01. The monoisotopic (exact) mass is 477 g/mol. The molecule has 1 atom stereocenters. The summed E-state index contributed by atoms with van der Waals surface area (Å²) in [5.41, 5.74) is 2.02. The molecule has 2 N–H and O–H groups in total. The summed E-state index contributed by atoms with van der Waals surface area (Å²) in [6.07, 6.45) is -0.449.